The molecule has 0 aliphatic heterocycles. The van der Waals surface area contributed by atoms with Crippen molar-refractivity contribution in [2.75, 3.05) is 0 Å². The zero-order valence-corrected chi connectivity index (χ0v) is 10.8. The third-order valence-electron chi connectivity index (χ3n) is 2.21. The number of benzene rings is 1. The van der Waals surface area contributed by atoms with Crippen LogP contribution in [0.2, 0.25) is 5.02 Å². The van der Waals surface area contributed by atoms with Gasteiger partial charge in [-0.2, -0.15) is 0 Å². The Bertz CT molecular complexity index is 507. The van der Waals surface area contributed by atoms with Crippen molar-refractivity contribution in [3.8, 4) is 5.69 Å². The van der Waals surface area contributed by atoms with Gasteiger partial charge in [0.25, 0.3) is 0 Å². The quantitative estimate of drug-likeness (QED) is 0.797. The number of aromatic nitrogens is 3. The molecule has 2 rings (SSSR count). The molecule has 0 aliphatic rings. The molecule has 0 unspecified atom stereocenters. The number of halogens is 3. The Morgan fingerprint density at radius 1 is 1.44 bits per heavy atom. The van der Waals surface area contributed by atoms with Crippen molar-refractivity contribution in [1.82, 2.24) is 15.0 Å². The van der Waals surface area contributed by atoms with E-state index in [-0.39, 0.29) is 0 Å². The van der Waals surface area contributed by atoms with Crippen molar-refractivity contribution in [1.29, 1.82) is 0 Å². The summed E-state index contributed by atoms with van der Waals surface area (Å²) in [7, 11) is 0. The highest BCUT2D eigenvalue weighted by atomic mass is 79.9. The summed E-state index contributed by atoms with van der Waals surface area (Å²) in [5.74, 6) is -0.391. The van der Waals surface area contributed by atoms with Gasteiger partial charge in [-0.1, -0.05) is 32.7 Å². The lowest BCUT2D eigenvalue weighted by Gasteiger charge is -2.04. The van der Waals surface area contributed by atoms with Gasteiger partial charge in [-0.3, -0.25) is 0 Å². The molecule has 16 heavy (non-hydrogen) atoms. The Labute approximate surface area is 105 Å². The number of rotatable bonds is 2. The smallest absolute Gasteiger partial charge is 0.126 e. The van der Waals surface area contributed by atoms with Crippen LogP contribution < -0.4 is 0 Å². The van der Waals surface area contributed by atoms with Gasteiger partial charge < -0.3 is 0 Å². The third-order valence-corrected chi connectivity index (χ3v) is 2.96. The molecule has 3 nitrogen and oxygen atoms in total. The fourth-order valence-corrected chi connectivity index (χ4v) is 2.12. The summed E-state index contributed by atoms with van der Waals surface area (Å²) >= 11 is 9.09. The van der Waals surface area contributed by atoms with Crippen LogP contribution in [0.3, 0.4) is 0 Å². The molecule has 1 heterocycles. The van der Waals surface area contributed by atoms with Crippen molar-refractivity contribution in [3.05, 3.63) is 40.4 Å². The Hall–Kier alpha value is -0.940. The first-order valence-corrected chi connectivity index (χ1v) is 6.05. The van der Waals surface area contributed by atoms with Gasteiger partial charge in [0.2, 0.25) is 0 Å². The Morgan fingerprint density at radius 3 is 2.75 bits per heavy atom. The maximum absolute atomic E-state index is 13.2. The predicted molar refractivity (Wildman–Crippen MR) is 63.7 cm³/mol. The molecule has 2 aromatic rings. The van der Waals surface area contributed by atoms with Gasteiger partial charge in [0, 0.05) is 10.4 Å². The highest BCUT2D eigenvalue weighted by molar-refractivity contribution is 9.08. The van der Waals surface area contributed by atoms with E-state index in [4.69, 9.17) is 11.6 Å². The van der Waals surface area contributed by atoms with Crippen LogP contribution >= 0.6 is 27.5 Å². The lowest BCUT2D eigenvalue weighted by Crippen LogP contribution is -2.00. The van der Waals surface area contributed by atoms with Crippen molar-refractivity contribution < 1.29 is 4.39 Å². The summed E-state index contributed by atoms with van der Waals surface area (Å²) in [5, 5.41) is 8.87. The summed E-state index contributed by atoms with van der Waals surface area (Å²) in [4.78, 5) is 0. The van der Waals surface area contributed by atoms with E-state index in [0.29, 0.717) is 16.0 Å². The number of hydrogen-bond donors (Lipinski definition) is 0. The van der Waals surface area contributed by atoms with E-state index < -0.39 is 5.82 Å². The first kappa shape index (κ1) is 11.5. The first-order valence-electron chi connectivity index (χ1n) is 4.55. The number of nitrogens with zero attached hydrogens (tertiary/aromatic N) is 3. The molecule has 1 aromatic carbocycles. The van der Waals surface area contributed by atoms with Crippen molar-refractivity contribution in [3.63, 3.8) is 0 Å². The molecule has 84 valence electrons. The molecule has 0 amide bonds. The van der Waals surface area contributed by atoms with Crippen LogP contribution in [0, 0.1) is 12.7 Å². The van der Waals surface area contributed by atoms with Gasteiger partial charge in [-0.05, 0) is 25.1 Å². The van der Waals surface area contributed by atoms with E-state index >= 15 is 0 Å². The van der Waals surface area contributed by atoms with Crippen LogP contribution in [0.5, 0.6) is 0 Å². The van der Waals surface area contributed by atoms with E-state index in [1.54, 1.807) is 10.7 Å². The Kier molecular flexibility index (Phi) is 3.25. The van der Waals surface area contributed by atoms with Crippen LogP contribution in [-0.4, -0.2) is 15.0 Å². The Morgan fingerprint density at radius 2 is 2.19 bits per heavy atom. The highest BCUT2D eigenvalue weighted by Gasteiger charge is 2.10. The van der Waals surface area contributed by atoms with E-state index in [2.05, 4.69) is 26.2 Å². The highest BCUT2D eigenvalue weighted by Crippen LogP contribution is 2.19. The van der Waals surface area contributed by atoms with Crippen molar-refractivity contribution >= 4 is 27.5 Å². The summed E-state index contributed by atoms with van der Waals surface area (Å²) in [6, 6.07) is 4.26. The summed E-state index contributed by atoms with van der Waals surface area (Å²) in [5.41, 5.74) is 2.25. The molecule has 0 aliphatic carbocycles. The van der Waals surface area contributed by atoms with Crippen LogP contribution in [0.25, 0.3) is 5.69 Å². The molecule has 0 atom stereocenters. The molecule has 0 N–H and O–H groups in total. The summed E-state index contributed by atoms with van der Waals surface area (Å²) in [6.45, 7) is 1.87. The molecule has 0 fully saturated rings. The maximum atomic E-state index is 13.2. The summed E-state index contributed by atoms with van der Waals surface area (Å²) in [6.07, 6.45) is 0. The minimum atomic E-state index is -0.391. The van der Waals surface area contributed by atoms with Gasteiger partial charge in [-0.15, -0.1) is 5.10 Å². The maximum Gasteiger partial charge on any atom is 0.126 e. The standard InChI is InChI=1S/C10H8BrClFN3/c1-6-10(5-11)14-15-16(6)9-3-7(12)2-8(13)4-9/h2-4H,5H2,1H3. The van der Waals surface area contributed by atoms with E-state index in [0.717, 1.165) is 11.4 Å². The average molecular weight is 305 g/mol. The molecule has 6 heteroatoms. The molecule has 1 aromatic heterocycles. The third kappa shape index (κ3) is 2.10. The van der Waals surface area contributed by atoms with E-state index in [9.17, 15) is 4.39 Å². The number of hydrogen-bond acceptors (Lipinski definition) is 2. The van der Waals surface area contributed by atoms with Gasteiger partial charge in [0.1, 0.15) is 5.82 Å². The van der Waals surface area contributed by atoms with Crippen LogP contribution in [0.15, 0.2) is 18.2 Å². The molecule has 0 saturated carbocycles. The lowest BCUT2D eigenvalue weighted by molar-refractivity contribution is 0.624. The topological polar surface area (TPSA) is 30.7 Å². The first-order chi connectivity index (χ1) is 7.61. The molecule has 0 saturated heterocycles. The largest absolute Gasteiger partial charge is 0.217 e. The van der Waals surface area contributed by atoms with Crippen LogP contribution in [0.1, 0.15) is 11.4 Å². The summed E-state index contributed by atoms with van der Waals surface area (Å²) < 4.78 is 14.7. The molecule has 0 radical (unpaired) electrons. The fourth-order valence-electron chi connectivity index (χ4n) is 1.39. The van der Waals surface area contributed by atoms with E-state index in [1.807, 2.05) is 6.92 Å². The SMILES string of the molecule is Cc1c(CBr)nnn1-c1cc(F)cc(Cl)c1. The van der Waals surface area contributed by atoms with E-state index in [1.165, 1.54) is 12.1 Å². The van der Waals surface area contributed by atoms with Gasteiger partial charge in [-0.25, -0.2) is 9.07 Å². The van der Waals surface area contributed by atoms with Crippen LogP contribution in [-0.2, 0) is 5.33 Å². The second-order valence-corrected chi connectivity index (χ2v) is 4.29. The van der Waals surface area contributed by atoms with Crippen LogP contribution in [0.4, 0.5) is 4.39 Å². The van der Waals surface area contributed by atoms with Crippen molar-refractivity contribution in [2.45, 2.75) is 12.3 Å². The number of alkyl halides is 1. The van der Waals surface area contributed by atoms with Gasteiger partial charge >= 0.3 is 0 Å². The normalized spacial score (nSPS) is 10.8. The average Bonchev–Trinajstić information content (AvgIpc) is 2.58. The lowest BCUT2D eigenvalue weighted by atomic mass is 10.3. The molecular weight excluding hydrogens is 296 g/mol. The molecular formula is C10H8BrClFN3. The second kappa shape index (κ2) is 4.51. The zero-order chi connectivity index (χ0) is 11.7. The minimum Gasteiger partial charge on any atom is -0.217 e. The predicted octanol–water partition coefficient (Wildman–Crippen LogP) is 3.26. The van der Waals surface area contributed by atoms with Gasteiger partial charge in [0.15, 0.2) is 0 Å². The zero-order valence-electron chi connectivity index (χ0n) is 8.41. The Balaban J connectivity index is 2.54. The molecule has 0 spiro atoms. The minimum absolute atomic E-state index is 0.338. The fraction of sp³-hybridized carbons (Fsp3) is 0.200. The van der Waals surface area contributed by atoms with Gasteiger partial charge in [0.05, 0.1) is 17.1 Å². The monoisotopic (exact) mass is 303 g/mol. The molecule has 0 bridgehead atoms. The second-order valence-electron chi connectivity index (χ2n) is 3.29. The van der Waals surface area contributed by atoms with Crippen molar-refractivity contribution in [2.24, 2.45) is 0 Å².